The van der Waals surface area contributed by atoms with Gasteiger partial charge >= 0.3 is 0 Å². The van der Waals surface area contributed by atoms with Crippen LogP contribution in [0.4, 0.5) is 0 Å². The largest absolute Gasteiger partial charge is 0.330 e. The van der Waals surface area contributed by atoms with Crippen LogP contribution in [0.1, 0.15) is 45.2 Å². The van der Waals surface area contributed by atoms with Crippen molar-refractivity contribution in [3.8, 4) is 0 Å². The Morgan fingerprint density at radius 2 is 2.19 bits per heavy atom. The van der Waals surface area contributed by atoms with Crippen LogP contribution in [-0.4, -0.2) is 16.3 Å². The highest BCUT2D eigenvalue weighted by Gasteiger charge is 2.35. The van der Waals surface area contributed by atoms with Gasteiger partial charge in [-0.05, 0) is 50.1 Å². The van der Waals surface area contributed by atoms with Gasteiger partial charge in [-0.15, -0.1) is 0 Å². The molecule has 2 unspecified atom stereocenters. The zero-order valence-corrected chi connectivity index (χ0v) is 13.3. The standard InChI is InChI=1S/C18H27N3/c1-3-21-17-9-5-4-8-15(17)16(20-21)12-18(13-19)10-6-7-14(2)11-18/h4-5,8-9,14H,3,6-7,10-13,19H2,1-2H3. The third-order valence-electron chi connectivity index (χ3n) is 5.19. The van der Waals surface area contributed by atoms with Crippen molar-refractivity contribution in [2.24, 2.45) is 17.1 Å². The Labute approximate surface area is 127 Å². The van der Waals surface area contributed by atoms with Gasteiger partial charge in [0.15, 0.2) is 0 Å². The van der Waals surface area contributed by atoms with Gasteiger partial charge in [-0.25, -0.2) is 0 Å². The van der Waals surface area contributed by atoms with Crippen LogP contribution < -0.4 is 5.73 Å². The fourth-order valence-corrected chi connectivity index (χ4v) is 4.11. The highest BCUT2D eigenvalue weighted by Crippen LogP contribution is 2.41. The Morgan fingerprint density at radius 1 is 1.38 bits per heavy atom. The fourth-order valence-electron chi connectivity index (χ4n) is 4.11. The molecular formula is C18H27N3. The summed E-state index contributed by atoms with van der Waals surface area (Å²) in [5.74, 6) is 0.793. The number of para-hydroxylation sites is 1. The molecule has 114 valence electrons. The molecule has 0 bridgehead atoms. The lowest BCUT2D eigenvalue weighted by Crippen LogP contribution is -2.37. The van der Waals surface area contributed by atoms with Crippen molar-refractivity contribution < 1.29 is 0 Å². The second-order valence-electron chi connectivity index (χ2n) is 6.86. The number of nitrogens with two attached hydrogens (primary N) is 1. The Hall–Kier alpha value is -1.35. The van der Waals surface area contributed by atoms with Crippen molar-refractivity contribution in [1.82, 2.24) is 9.78 Å². The molecule has 1 aliphatic carbocycles. The fraction of sp³-hybridized carbons (Fsp3) is 0.611. The van der Waals surface area contributed by atoms with Gasteiger partial charge in [-0.3, -0.25) is 4.68 Å². The van der Waals surface area contributed by atoms with E-state index in [4.69, 9.17) is 10.8 Å². The maximum Gasteiger partial charge on any atom is 0.0709 e. The van der Waals surface area contributed by atoms with E-state index in [1.54, 1.807) is 0 Å². The Bertz CT molecular complexity index is 616. The molecule has 0 saturated heterocycles. The van der Waals surface area contributed by atoms with E-state index in [-0.39, 0.29) is 5.41 Å². The predicted octanol–water partition coefficient (Wildman–Crippen LogP) is 3.75. The van der Waals surface area contributed by atoms with Crippen molar-refractivity contribution in [2.45, 2.75) is 52.5 Å². The second kappa shape index (κ2) is 5.80. The third-order valence-corrected chi connectivity index (χ3v) is 5.19. The van der Waals surface area contributed by atoms with Crippen LogP contribution in [0.15, 0.2) is 24.3 Å². The van der Waals surface area contributed by atoms with Crippen LogP contribution in [0.25, 0.3) is 10.9 Å². The van der Waals surface area contributed by atoms with Crippen molar-refractivity contribution in [2.75, 3.05) is 6.54 Å². The molecule has 1 saturated carbocycles. The van der Waals surface area contributed by atoms with Crippen molar-refractivity contribution in [3.05, 3.63) is 30.0 Å². The molecule has 2 N–H and O–H groups in total. The molecule has 1 fully saturated rings. The molecule has 3 nitrogen and oxygen atoms in total. The Balaban J connectivity index is 1.97. The van der Waals surface area contributed by atoms with Gasteiger partial charge in [0.25, 0.3) is 0 Å². The average molecular weight is 285 g/mol. The van der Waals surface area contributed by atoms with E-state index in [9.17, 15) is 0 Å². The van der Waals surface area contributed by atoms with E-state index >= 15 is 0 Å². The molecule has 1 aromatic heterocycles. The minimum atomic E-state index is 0.257. The Kier molecular flexibility index (Phi) is 4.03. The third kappa shape index (κ3) is 2.71. The molecule has 2 aromatic rings. The lowest BCUT2D eigenvalue weighted by atomic mass is 9.67. The number of benzene rings is 1. The summed E-state index contributed by atoms with van der Waals surface area (Å²) in [6, 6.07) is 8.60. The SMILES string of the molecule is CCn1nc(CC2(CN)CCCC(C)C2)c2ccccc21. The van der Waals surface area contributed by atoms with Gasteiger partial charge in [-0.2, -0.15) is 5.10 Å². The molecule has 3 rings (SSSR count). The van der Waals surface area contributed by atoms with Gasteiger partial charge in [0, 0.05) is 11.9 Å². The van der Waals surface area contributed by atoms with Gasteiger partial charge in [-0.1, -0.05) is 38.0 Å². The summed E-state index contributed by atoms with van der Waals surface area (Å²) in [5.41, 5.74) is 8.95. The van der Waals surface area contributed by atoms with E-state index in [0.29, 0.717) is 0 Å². The number of aromatic nitrogens is 2. The summed E-state index contributed by atoms with van der Waals surface area (Å²) in [7, 11) is 0. The van der Waals surface area contributed by atoms with Gasteiger partial charge in [0.05, 0.1) is 11.2 Å². The molecule has 0 amide bonds. The minimum Gasteiger partial charge on any atom is -0.330 e. The van der Waals surface area contributed by atoms with Crippen LogP contribution in [0.2, 0.25) is 0 Å². The highest BCUT2D eigenvalue weighted by atomic mass is 15.3. The summed E-state index contributed by atoms with van der Waals surface area (Å²) >= 11 is 0. The average Bonchev–Trinajstić information content (AvgIpc) is 2.85. The lowest BCUT2D eigenvalue weighted by molar-refractivity contribution is 0.152. The number of nitrogens with zero attached hydrogens (tertiary/aromatic N) is 2. The van der Waals surface area contributed by atoms with E-state index in [1.807, 2.05) is 0 Å². The summed E-state index contributed by atoms with van der Waals surface area (Å²) in [6.07, 6.45) is 6.19. The predicted molar refractivity (Wildman–Crippen MR) is 88.2 cm³/mol. The molecule has 21 heavy (non-hydrogen) atoms. The first-order valence-electron chi connectivity index (χ1n) is 8.32. The zero-order chi connectivity index (χ0) is 14.9. The molecule has 1 aliphatic rings. The van der Waals surface area contributed by atoms with Crippen LogP contribution in [0.3, 0.4) is 0 Å². The Morgan fingerprint density at radius 3 is 2.90 bits per heavy atom. The molecule has 2 atom stereocenters. The first-order valence-corrected chi connectivity index (χ1v) is 8.32. The van der Waals surface area contributed by atoms with Gasteiger partial charge < -0.3 is 5.73 Å². The summed E-state index contributed by atoms with van der Waals surface area (Å²) < 4.78 is 2.13. The first kappa shape index (κ1) is 14.6. The summed E-state index contributed by atoms with van der Waals surface area (Å²) in [5, 5.41) is 6.19. The monoisotopic (exact) mass is 285 g/mol. The molecule has 0 aliphatic heterocycles. The van der Waals surface area contributed by atoms with Crippen molar-refractivity contribution in [1.29, 1.82) is 0 Å². The van der Waals surface area contributed by atoms with E-state index in [2.05, 4.69) is 42.8 Å². The number of aryl methyl sites for hydroxylation is 1. The quantitative estimate of drug-likeness (QED) is 0.929. The molecule has 0 radical (unpaired) electrons. The van der Waals surface area contributed by atoms with Crippen LogP contribution in [-0.2, 0) is 13.0 Å². The van der Waals surface area contributed by atoms with Crippen molar-refractivity contribution in [3.63, 3.8) is 0 Å². The lowest BCUT2D eigenvalue weighted by Gasteiger charge is -2.39. The zero-order valence-electron chi connectivity index (χ0n) is 13.3. The number of hydrogen-bond acceptors (Lipinski definition) is 2. The molecule has 0 spiro atoms. The normalized spacial score (nSPS) is 26.3. The van der Waals surface area contributed by atoms with E-state index in [0.717, 1.165) is 25.4 Å². The number of hydrogen-bond donors (Lipinski definition) is 1. The topological polar surface area (TPSA) is 43.8 Å². The van der Waals surface area contributed by atoms with Crippen LogP contribution >= 0.6 is 0 Å². The molecule has 1 aromatic carbocycles. The second-order valence-corrected chi connectivity index (χ2v) is 6.86. The van der Waals surface area contributed by atoms with Gasteiger partial charge in [0.2, 0.25) is 0 Å². The smallest absolute Gasteiger partial charge is 0.0709 e. The van der Waals surface area contributed by atoms with E-state index in [1.165, 1.54) is 42.3 Å². The van der Waals surface area contributed by atoms with Crippen molar-refractivity contribution >= 4 is 10.9 Å². The van der Waals surface area contributed by atoms with Crippen LogP contribution in [0.5, 0.6) is 0 Å². The summed E-state index contributed by atoms with van der Waals surface area (Å²) in [4.78, 5) is 0. The van der Waals surface area contributed by atoms with E-state index < -0.39 is 0 Å². The molecular weight excluding hydrogens is 258 g/mol. The first-order chi connectivity index (χ1) is 10.2. The van der Waals surface area contributed by atoms with Crippen LogP contribution in [0, 0.1) is 11.3 Å². The molecule has 1 heterocycles. The molecule has 3 heteroatoms. The maximum atomic E-state index is 6.20. The van der Waals surface area contributed by atoms with Gasteiger partial charge in [0.1, 0.15) is 0 Å². The number of fused-ring (bicyclic) bond motifs is 1. The minimum absolute atomic E-state index is 0.257. The number of rotatable bonds is 4. The highest BCUT2D eigenvalue weighted by molar-refractivity contribution is 5.82. The summed E-state index contributed by atoms with van der Waals surface area (Å²) in [6.45, 7) is 6.23. The maximum absolute atomic E-state index is 6.20.